The van der Waals surface area contributed by atoms with Crippen molar-refractivity contribution in [1.82, 2.24) is 5.32 Å². The molecule has 85 heavy (non-hydrogen) atoms. The van der Waals surface area contributed by atoms with Crippen molar-refractivity contribution in [3.63, 3.8) is 0 Å². The van der Waals surface area contributed by atoms with E-state index in [9.17, 15) is 19.8 Å². The molecule has 0 rings (SSSR count). The van der Waals surface area contributed by atoms with E-state index in [1.54, 1.807) is 6.08 Å². The molecule has 0 aromatic carbocycles. The number of aliphatic hydroxyl groups is 2. The van der Waals surface area contributed by atoms with Crippen LogP contribution in [0.2, 0.25) is 0 Å². The summed E-state index contributed by atoms with van der Waals surface area (Å²) in [5, 5.41) is 23.2. The van der Waals surface area contributed by atoms with Gasteiger partial charge in [-0.25, -0.2) is 0 Å². The molecule has 0 saturated carbocycles. The predicted molar refractivity (Wildman–Crippen MR) is 375 cm³/mol. The number of esters is 1. The summed E-state index contributed by atoms with van der Waals surface area (Å²) < 4.78 is 5.52. The summed E-state index contributed by atoms with van der Waals surface area (Å²) in [5.74, 6) is -0.0319. The minimum Gasteiger partial charge on any atom is -0.466 e. The number of carbonyl (C=O) groups is 2. The van der Waals surface area contributed by atoms with Crippen molar-refractivity contribution in [3.8, 4) is 0 Å². The number of ether oxygens (including phenoxy) is 1. The van der Waals surface area contributed by atoms with Gasteiger partial charge in [-0.3, -0.25) is 9.59 Å². The number of rotatable bonds is 75. The van der Waals surface area contributed by atoms with E-state index < -0.39 is 12.1 Å². The highest BCUT2D eigenvalue weighted by molar-refractivity contribution is 5.76. The van der Waals surface area contributed by atoms with Gasteiger partial charge in [0.05, 0.1) is 25.4 Å². The molecule has 0 saturated heterocycles. The number of nitrogens with one attached hydrogen (secondary N) is 1. The minimum absolute atomic E-state index is 0.0275. The second kappa shape index (κ2) is 75.1. The van der Waals surface area contributed by atoms with E-state index in [0.29, 0.717) is 19.4 Å². The topological polar surface area (TPSA) is 95.9 Å². The SMILES string of the molecule is CCCCCCCCCCCCCCCC/C=C/C(O)C(CO)NC(=O)CCCCCCCCCCCCCCCCCCCCCCCCCCCCCCCCCCCOC(=O)CCCCCCCCCCCCCCCCCCCCC. The normalized spacial score (nSPS) is 12.5. The zero-order chi connectivity index (χ0) is 61.3. The number of carbonyl (C=O) groups excluding carboxylic acids is 2. The van der Waals surface area contributed by atoms with Crippen molar-refractivity contribution in [2.45, 2.75) is 469 Å². The van der Waals surface area contributed by atoms with Crippen LogP contribution in [0.1, 0.15) is 457 Å². The highest BCUT2D eigenvalue weighted by Crippen LogP contribution is 2.20. The first-order chi connectivity index (χ1) is 42.0. The van der Waals surface area contributed by atoms with Crippen molar-refractivity contribution >= 4 is 11.9 Å². The molecule has 506 valence electrons. The molecular weight excluding hydrogens is 1040 g/mol. The number of hydrogen-bond acceptors (Lipinski definition) is 5. The maximum absolute atomic E-state index is 12.5. The van der Waals surface area contributed by atoms with E-state index in [1.165, 1.54) is 392 Å². The molecule has 0 aliphatic rings. The molecule has 2 unspecified atom stereocenters. The lowest BCUT2D eigenvalue weighted by atomic mass is 10.0. The number of hydrogen-bond donors (Lipinski definition) is 3. The van der Waals surface area contributed by atoms with Crippen LogP contribution in [-0.4, -0.2) is 47.4 Å². The molecular formula is C79H155NO5. The molecule has 0 fully saturated rings. The van der Waals surface area contributed by atoms with Gasteiger partial charge in [-0.2, -0.15) is 0 Å². The summed E-state index contributed by atoms with van der Waals surface area (Å²) in [7, 11) is 0. The lowest BCUT2D eigenvalue weighted by molar-refractivity contribution is -0.143. The first-order valence-electron chi connectivity index (χ1n) is 39.5. The molecule has 0 radical (unpaired) electrons. The summed E-state index contributed by atoms with van der Waals surface area (Å²) in [6, 6.07) is -0.624. The Morgan fingerprint density at radius 2 is 0.541 bits per heavy atom. The Bertz CT molecular complexity index is 1290. The third-order valence-corrected chi connectivity index (χ3v) is 18.8. The van der Waals surface area contributed by atoms with Crippen LogP contribution in [0.25, 0.3) is 0 Å². The van der Waals surface area contributed by atoms with Crippen molar-refractivity contribution in [2.75, 3.05) is 13.2 Å². The van der Waals surface area contributed by atoms with E-state index in [2.05, 4.69) is 19.2 Å². The Morgan fingerprint density at radius 3 is 0.800 bits per heavy atom. The lowest BCUT2D eigenvalue weighted by Gasteiger charge is -2.20. The third-order valence-electron chi connectivity index (χ3n) is 18.8. The average Bonchev–Trinajstić information content (AvgIpc) is 3.51. The van der Waals surface area contributed by atoms with Gasteiger partial charge in [-0.05, 0) is 32.1 Å². The van der Waals surface area contributed by atoms with Gasteiger partial charge in [-0.1, -0.05) is 424 Å². The zero-order valence-corrected chi connectivity index (χ0v) is 58.1. The first-order valence-corrected chi connectivity index (χ1v) is 39.5. The van der Waals surface area contributed by atoms with Crippen LogP contribution in [0.4, 0.5) is 0 Å². The Kier molecular flexibility index (Phi) is 73.8. The molecule has 2 atom stereocenters. The largest absolute Gasteiger partial charge is 0.466 e. The van der Waals surface area contributed by atoms with E-state index >= 15 is 0 Å². The summed E-state index contributed by atoms with van der Waals surface area (Å²) >= 11 is 0. The molecule has 0 heterocycles. The Labute approximate surface area is 533 Å². The quantitative estimate of drug-likeness (QED) is 0.0320. The van der Waals surface area contributed by atoms with Gasteiger partial charge in [0, 0.05) is 12.8 Å². The smallest absolute Gasteiger partial charge is 0.305 e. The maximum Gasteiger partial charge on any atom is 0.305 e. The highest BCUT2D eigenvalue weighted by atomic mass is 16.5. The Hall–Kier alpha value is -1.40. The van der Waals surface area contributed by atoms with E-state index in [0.717, 1.165) is 38.5 Å². The van der Waals surface area contributed by atoms with Crippen LogP contribution in [0.15, 0.2) is 12.2 Å². The molecule has 0 spiro atoms. The summed E-state index contributed by atoms with van der Waals surface area (Å²) in [6.45, 7) is 4.96. The van der Waals surface area contributed by atoms with Gasteiger partial charge in [0.15, 0.2) is 0 Å². The van der Waals surface area contributed by atoms with Gasteiger partial charge < -0.3 is 20.3 Å². The molecule has 0 bridgehead atoms. The fraction of sp³-hybridized carbons (Fsp3) is 0.949. The molecule has 6 heteroatoms. The maximum atomic E-state index is 12.5. The highest BCUT2D eigenvalue weighted by Gasteiger charge is 2.18. The first kappa shape index (κ1) is 83.6. The fourth-order valence-electron chi connectivity index (χ4n) is 12.8. The van der Waals surface area contributed by atoms with Gasteiger partial charge in [0.2, 0.25) is 5.91 Å². The van der Waals surface area contributed by atoms with Crippen molar-refractivity contribution in [2.24, 2.45) is 0 Å². The van der Waals surface area contributed by atoms with Crippen LogP contribution in [0, 0.1) is 0 Å². The van der Waals surface area contributed by atoms with E-state index in [4.69, 9.17) is 4.74 Å². The molecule has 6 nitrogen and oxygen atoms in total. The minimum atomic E-state index is -0.840. The Balaban J connectivity index is 3.30. The van der Waals surface area contributed by atoms with Crippen molar-refractivity contribution in [3.05, 3.63) is 12.2 Å². The van der Waals surface area contributed by atoms with Crippen LogP contribution in [0.5, 0.6) is 0 Å². The van der Waals surface area contributed by atoms with Crippen molar-refractivity contribution < 1.29 is 24.5 Å². The standard InChI is InChI=1S/C79H155NO5/c1-3-5-7-9-11-13-15-17-19-21-37-41-45-49-53-57-61-65-69-73-79(84)85-74-70-66-62-58-54-50-46-42-39-36-34-32-30-28-26-24-22-23-25-27-29-31-33-35-38-40-44-48-52-56-60-64-68-72-78(83)80-76(75-81)77(82)71-67-63-59-55-51-47-43-20-18-16-14-12-10-8-6-4-2/h67,71,76-77,81-82H,3-66,68-70,72-75H2,1-2H3,(H,80,83)/b71-67+. The molecule has 1 amide bonds. The molecule has 0 aliphatic carbocycles. The van der Waals surface area contributed by atoms with Gasteiger partial charge in [-0.15, -0.1) is 0 Å². The second-order valence-corrected chi connectivity index (χ2v) is 27.4. The van der Waals surface area contributed by atoms with Gasteiger partial charge in [0.1, 0.15) is 0 Å². The van der Waals surface area contributed by atoms with Crippen LogP contribution in [-0.2, 0) is 14.3 Å². The zero-order valence-electron chi connectivity index (χ0n) is 58.1. The fourth-order valence-corrected chi connectivity index (χ4v) is 12.8. The van der Waals surface area contributed by atoms with Crippen LogP contribution < -0.4 is 5.32 Å². The van der Waals surface area contributed by atoms with Crippen LogP contribution in [0.3, 0.4) is 0 Å². The number of amides is 1. The molecule has 0 aromatic rings. The van der Waals surface area contributed by atoms with Crippen LogP contribution >= 0.6 is 0 Å². The summed E-state index contributed by atoms with van der Waals surface area (Å²) in [6.07, 6.45) is 94.8. The molecule has 3 N–H and O–H groups in total. The monoisotopic (exact) mass is 1200 g/mol. The predicted octanol–water partition coefficient (Wildman–Crippen LogP) is 25.9. The van der Waals surface area contributed by atoms with Gasteiger partial charge in [0.25, 0.3) is 0 Å². The average molecular weight is 1200 g/mol. The van der Waals surface area contributed by atoms with E-state index in [-0.39, 0.29) is 18.5 Å². The summed E-state index contributed by atoms with van der Waals surface area (Å²) in [5.41, 5.74) is 0. The second-order valence-electron chi connectivity index (χ2n) is 27.4. The number of aliphatic hydroxyl groups excluding tert-OH is 2. The van der Waals surface area contributed by atoms with Crippen molar-refractivity contribution in [1.29, 1.82) is 0 Å². The molecule has 0 aliphatic heterocycles. The molecule has 0 aromatic heterocycles. The third kappa shape index (κ3) is 71.6. The number of unbranched alkanes of at least 4 members (excludes halogenated alkanes) is 64. The number of allylic oxidation sites excluding steroid dienone is 1. The van der Waals surface area contributed by atoms with Gasteiger partial charge >= 0.3 is 5.97 Å². The van der Waals surface area contributed by atoms with E-state index in [1.807, 2.05) is 6.08 Å². The summed E-state index contributed by atoms with van der Waals surface area (Å²) in [4.78, 5) is 24.6. The lowest BCUT2D eigenvalue weighted by Crippen LogP contribution is -2.45. The Morgan fingerprint density at radius 1 is 0.318 bits per heavy atom.